The van der Waals surface area contributed by atoms with Crippen LogP contribution in [-0.4, -0.2) is 26.9 Å². The molecule has 1 aromatic carbocycles. The monoisotopic (exact) mass is 322 g/mol. The van der Waals surface area contributed by atoms with Gasteiger partial charge in [-0.2, -0.15) is 9.61 Å². The summed E-state index contributed by atoms with van der Waals surface area (Å²) in [5.74, 6) is 1.18. The first-order valence-corrected chi connectivity index (χ1v) is 7.00. The third-order valence-electron chi connectivity index (χ3n) is 3.44. The molecule has 0 aliphatic carbocycles. The number of hydrogen-bond acceptors (Lipinski definition) is 4. The summed E-state index contributed by atoms with van der Waals surface area (Å²) >= 11 is 12.2. The molecule has 0 spiro atoms. The molecule has 0 fully saturated rings. The number of aryl methyl sites for hydroxylation is 1. The van der Waals surface area contributed by atoms with Gasteiger partial charge in [0.2, 0.25) is 0 Å². The van der Waals surface area contributed by atoms with Gasteiger partial charge in [-0.15, -0.1) is 10.2 Å². The molecule has 0 atom stereocenters. The van der Waals surface area contributed by atoms with Crippen LogP contribution in [0.1, 0.15) is 11.1 Å². The van der Waals surface area contributed by atoms with Gasteiger partial charge in [0.15, 0.2) is 16.6 Å². The molecule has 3 aromatic rings. The highest BCUT2D eigenvalue weighted by Gasteiger charge is 2.18. The van der Waals surface area contributed by atoms with Gasteiger partial charge >= 0.3 is 0 Å². The van der Waals surface area contributed by atoms with Crippen LogP contribution in [0.3, 0.4) is 0 Å². The summed E-state index contributed by atoms with van der Waals surface area (Å²) in [4.78, 5) is 0. The van der Waals surface area contributed by atoms with Crippen molar-refractivity contribution in [2.45, 2.75) is 13.8 Å². The minimum Gasteiger partial charge on any atom is -0.496 e. The first-order valence-electron chi connectivity index (χ1n) is 6.25. The Bertz CT molecular complexity index is 845. The lowest BCUT2D eigenvalue weighted by atomic mass is 10.2. The van der Waals surface area contributed by atoms with Crippen LogP contribution in [0.25, 0.3) is 17.0 Å². The Hall–Kier alpha value is -1.85. The average molecular weight is 323 g/mol. The summed E-state index contributed by atoms with van der Waals surface area (Å²) < 4.78 is 6.97. The maximum Gasteiger partial charge on any atom is 0.189 e. The molecule has 0 N–H and O–H groups in total. The molecule has 0 unspecified atom stereocenters. The molecule has 2 heterocycles. The lowest BCUT2D eigenvalue weighted by Gasteiger charge is -2.08. The van der Waals surface area contributed by atoms with Crippen LogP contribution in [0, 0.1) is 13.8 Å². The standard InChI is InChI=1S/C14H12Cl2N4O/c1-7-8(2)13-17-18-14(20(13)19-12(7)16)10-6-9(15)4-5-11(10)21-3/h4-6H,1-3H3. The van der Waals surface area contributed by atoms with Gasteiger partial charge in [0.05, 0.1) is 12.7 Å². The van der Waals surface area contributed by atoms with Crippen molar-refractivity contribution in [1.82, 2.24) is 19.8 Å². The van der Waals surface area contributed by atoms with Crippen molar-refractivity contribution in [1.29, 1.82) is 0 Å². The third kappa shape index (κ3) is 2.22. The molecule has 0 bridgehead atoms. The molecule has 0 radical (unpaired) electrons. The topological polar surface area (TPSA) is 52.3 Å². The predicted octanol–water partition coefficient (Wildman–Crippen LogP) is 3.72. The van der Waals surface area contributed by atoms with E-state index in [0.29, 0.717) is 33.0 Å². The average Bonchev–Trinajstić information content (AvgIpc) is 2.88. The zero-order chi connectivity index (χ0) is 15.1. The molecule has 0 amide bonds. The van der Waals surface area contributed by atoms with Crippen molar-refractivity contribution in [3.63, 3.8) is 0 Å². The Morgan fingerprint density at radius 2 is 1.86 bits per heavy atom. The van der Waals surface area contributed by atoms with Gasteiger partial charge in [-0.25, -0.2) is 0 Å². The van der Waals surface area contributed by atoms with Crippen LogP contribution in [-0.2, 0) is 0 Å². The third-order valence-corrected chi connectivity index (χ3v) is 4.03. The SMILES string of the molecule is COc1ccc(Cl)cc1-c1nnc2c(C)c(C)c(Cl)nn12. The number of hydrogen-bond donors (Lipinski definition) is 0. The second-order valence-electron chi connectivity index (χ2n) is 4.64. The van der Waals surface area contributed by atoms with Gasteiger partial charge in [-0.1, -0.05) is 23.2 Å². The number of fused-ring (bicyclic) bond motifs is 1. The summed E-state index contributed by atoms with van der Waals surface area (Å²) in [5.41, 5.74) is 3.20. The van der Waals surface area contributed by atoms with Crippen LogP contribution in [0.4, 0.5) is 0 Å². The lowest BCUT2D eigenvalue weighted by Crippen LogP contribution is -2.01. The van der Waals surface area contributed by atoms with E-state index in [4.69, 9.17) is 27.9 Å². The summed E-state index contributed by atoms with van der Waals surface area (Å²) in [5, 5.41) is 13.7. The van der Waals surface area contributed by atoms with Crippen molar-refractivity contribution < 1.29 is 4.74 Å². The quantitative estimate of drug-likeness (QED) is 0.721. The minimum atomic E-state index is 0.419. The van der Waals surface area contributed by atoms with Crippen LogP contribution in [0.2, 0.25) is 10.2 Å². The van der Waals surface area contributed by atoms with Gasteiger partial charge in [-0.05, 0) is 37.6 Å². The fraction of sp³-hybridized carbons (Fsp3) is 0.214. The summed E-state index contributed by atoms with van der Waals surface area (Å²) in [6, 6.07) is 5.30. The molecule has 0 saturated heterocycles. The van der Waals surface area contributed by atoms with E-state index in [1.54, 1.807) is 29.8 Å². The highest BCUT2D eigenvalue weighted by atomic mass is 35.5. The normalized spacial score (nSPS) is 11.1. The van der Waals surface area contributed by atoms with E-state index in [9.17, 15) is 0 Å². The Morgan fingerprint density at radius 1 is 1.10 bits per heavy atom. The molecule has 3 rings (SSSR count). The molecule has 0 aliphatic rings. The number of rotatable bonds is 2. The Kier molecular flexibility index (Phi) is 3.47. The van der Waals surface area contributed by atoms with Crippen LogP contribution >= 0.6 is 23.2 Å². The molecule has 2 aromatic heterocycles. The van der Waals surface area contributed by atoms with Gasteiger partial charge in [0.1, 0.15) is 5.75 Å². The highest BCUT2D eigenvalue weighted by molar-refractivity contribution is 6.31. The van der Waals surface area contributed by atoms with Crippen molar-refractivity contribution >= 4 is 28.8 Å². The minimum absolute atomic E-state index is 0.419. The van der Waals surface area contributed by atoms with Crippen LogP contribution in [0.5, 0.6) is 5.75 Å². The van der Waals surface area contributed by atoms with Crippen molar-refractivity contribution in [3.8, 4) is 17.1 Å². The number of benzene rings is 1. The van der Waals surface area contributed by atoms with E-state index < -0.39 is 0 Å². The van der Waals surface area contributed by atoms with Crippen molar-refractivity contribution in [3.05, 3.63) is 39.5 Å². The smallest absolute Gasteiger partial charge is 0.189 e. The van der Waals surface area contributed by atoms with Crippen molar-refractivity contribution in [2.24, 2.45) is 0 Å². The molecule has 108 valence electrons. The largest absolute Gasteiger partial charge is 0.496 e. The summed E-state index contributed by atoms with van der Waals surface area (Å²) in [6.45, 7) is 3.84. The van der Waals surface area contributed by atoms with Gasteiger partial charge < -0.3 is 4.74 Å². The highest BCUT2D eigenvalue weighted by Crippen LogP contribution is 2.32. The lowest BCUT2D eigenvalue weighted by molar-refractivity contribution is 0.416. The maximum atomic E-state index is 6.17. The molecule has 0 saturated carbocycles. The zero-order valence-corrected chi connectivity index (χ0v) is 13.2. The van der Waals surface area contributed by atoms with Crippen molar-refractivity contribution in [2.75, 3.05) is 7.11 Å². The van der Waals surface area contributed by atoms with E-state index in [0.717, 1.165) is 11.1 Å². The predicted molar refractivity (Wildman–Crippen MR) is 82.3 cm³/mol. The molecule has 21 heavy (non-hydrogen) atoms. The second kappa shape index (κ2) is 5.16. The fourth-order valence-electron chi connectivity index (χ4n) is 2.12. The van der Waals surface area contributed by atoms with E-state index in [-0.39, 0.29) is 0 Å². The van der Waals surface area contributed by atoms with Gasteiger partial charge in [0, 0.05) is 10.6 Å². The maximum absolute atomic E-state index is 6.17. The number of methoxy groups -OCH3 is 1. The van der Waals surface area contributed by atoms with E-state index >= 15 is 0 Å². The first-order chi connectivity index (χ1) is 10.0. The van der Waals surface area contributed by atoms with Crippen LogP contribution in [0.15, 0.2) is 18.2 Å². The number of ether oxygens (including phenoxy) is 1. The summed E-state index contributed by atoms with van der Waals surface area (Å²) in [7, 11) is 1.59. The Labute approximate surface area is 131 Å². The van der Waals surface area contributed by atoms with Gasteiger partial charge in [-0.3, -0.25) is 0 Å². The van der Waals surface area contributed by atoms with E-state index in [2.05, 4.69) is 15.3 Å². The molecule has 7 heteroatoms. The fourth-order valence-corrected chi connectivity index (χ4v) is 2.51. The number of halogens is 2. The molecule has 0 aliphatic heterocycles. The number of nitrogens with zero attached hydrogens (tertiary/aromatic N) is 4. The second-order valence-corrected chi connectivity index (χ2v) is 5.44. The molecule has 5 nitrogen and oxygen atoms in total. The van der Waals surface area contributed by atoms with E-state index in [1.165, 1.54) is 0 Å². The Morgan fingerprint density at radius 3 is 2.57 bits per heavy atom. The van der Waals surface area contributed by atoms with E-state index in [1.807, 2.05) is 13.8 Å². The molecular formula is C14H12Cl2N4O. The van der Waals surface area contributed by atoms with Gasteiger partial charge in [0.25, 0.3) is 0 Å². The Balaban J connectivity index is 2.34. The molecular weight excluding hydrogens is 311 g/mol. The number of aromatic nitrogens is 4. The van der Waals surface area contributed by atoms with Crippen LogP contribution < -0.4 is 4.74 Å². The summed E-state index contributed by atoms with van der Waals surface area (Å²) in [6.07, 6.45) is 0. The zero-order valence-electron chi connectivity index (χ0n) is 11.7. The first kappa shape index (κ1) is 14.1.